The molecule has 1 aliphatic rings. The molecule has 0 radical (unpaired) electrons. The van der Waals surface area contributed by atoms with Crippen LogP contribution in [-0.2, 0) is 0 Å². The fourth-order valence-corrected chi connectivity index (χ4v) is 1.45. The molecule has 0 amide bonds. The van der Waals surface area contributed by atoms with Gasteiger partial charge in [0.15, 0.2) is 0 Å². The molecule has 1 aromatic rings. The Labute approximate surface area is 83.0 Å². The van der Waals surface area contributed by atoms with Gasteiger partial charge in [0, 0.05) is 18.7 Å². The molecule has 5 N–H and O–H groups in total. The predicted molar refractivity (Wildman–Crippen MR) is 59.3 cm³/mol. The maximum absolute atomic E-state index is 5.72. The minimum absolute atomic E-state index is 0.609. The molecule has 0 bridgehead atoms. The van der Waals surface area contributed by atoms with E-state index in [2.05, 4.69) is 10.3 Å². The molecule has 74 valence electrons. The van der Waals surface area contributed by atoms with Gasteiger partial charge < -0.3 is 16.8 Å². The molecule has 2 rings (SSSR count). The number of anilines is 2. The number of nitrogens with one attached hydrogen (secondary N) is 1. The van der Waals surface area contributed by atoms with Gasteiger partial charge in [-0.05, 0) is 24.6 Å². The van der Waals surface area contributed by atoms with E-state index in [0.29, 0.717) is 11.4 Å². The highest BCUT2D eigenvalue weighted by Gasteiger charge is 2.07. The Bertz CT molecular complexity index is 370. The van der Waals surface area contributed by atoms with E-state index < -0.39 is 0 Å². The quantitative estimate of drug-likeness (QED) is 0.567. The summed E-state index contributed by atoms with van der Waals surface area (Å²) in [5.41, 5.74) is 13.6. The van der Waals surface area contributed by atoms with Gasteiger partial charge in [-0.15, -0.1) is 0 Å². The lowest BCUT2D eigenvalue weighted by Crippen LogP contribution is -2.30. The molecular formula is C10H14N4. The minimum Gasteiger partial charge on any atom is -0.397 e. The van der Waals surface area contributed by atoms with E-state index in [4.69, 9.17) is 11.5 Å². The molecule has 0 spiro atoms. The van der Waals surface area contributed by atoms with Crippen LogP contribution in [-0.4, -0.2) is 18.9 Å². The van der Waals surface area contributed by atoms with Gasteiger partial charge in [0.25, 0.3) is 0 Å². The second-order valence-electron chi connectivity index (χ2n) is 3.35. The van der Waals surface area contributed by atoms with Crippen molar-refractivity contribution in [3.8, 4) is 0 Å². The summed E-state index contributed by atoms with van der Waals surface area (Å²) < 4.78 is 0. The van der Waals surface area contributed by atoms with Crippen molar-refractivity contribution in [3.05, 3.63) is 23.8 Å². The van der Waals surface area contributed by atoms with Gasteiger partial charge in [0.05, 0.1) is 11.4 Å². The van der Waals surface area contributed by atoms with E-state index in [9.17, 15) is 0 Å². The van der Waals surface area contributed by atoms with Crippen LogP contribution in [0.3, 0.4) is 0 Å². The van der Waals surface area contributed by atoms with Crippen molar-refractivity contribution in [1.29, 1.82) is 0 Å². The molecule has 4 heteroatoms. The second kappa shape index (κ2) is 3.57. The van der Waals surface area contributed by atoms with E-state index in [1.165, 1.54) is 0 Å². The summed E-state index contributed by atoms with van der Waals surface area (Å²) in [7, 11) is 0. The van der Waals surface area contributed by atoms with Crippen LogP contribution in [0.4, 0.5) is 11.4 Å². The number of hydrogen-bond acceptors (Lipinski definition) is 4. The molecule has 0 saturated carbocycles. The van der Waals surface area contributed by atoms with Crippen LogP contribution in [0.2, 0.25) is 0 Å². The van der Waals surface area contributed by atoms with Gasteiger partial charge in [0.2, 0.25) is 0 Å². The van der Waals surface area contributed by atoms with Crippen molar-refractivity contribution in [2.24, 2.45) is 4.99 Å². The molecule has 1 aliphatic heterocycles. The maximum atomic E-state index is 5.72. The summed E-state index contributed by atoms with van der Waals surface area (Å²) in [4.78, 5) is 4.38. The molecule has 0 fully saturated rings. The number of amidine groups is 1. The molecule has 0 unspecified atom stereocenters. The number of benzene rings is 1. The molecular weight excluding hydrogens is 176 g/mol. The monoisotopic (exact) mass is 190 g/mol. The number of hydrogen-bond donors (Lipinski definition) is 3. The molecule has 0 aliphatic carbocycles. The molecule has 1 heterocycles. The zero-order valence-electron chi connectivity index (χ0n) is 7.96. The highest BCUT2D eigenvalue weighted by Crippen LogP contribution is 2.16. The van der Waals surface area contributed by atoms with Crippen molar-refractivity contribution in [3.63, 3.8) is 0 Å². The lowest BCUT2D eigenvalue weighted by atomic mass is 10.1. The zero-order chi connectivity index (χ0) is 9.97. The van der Waals surface area contributed by atoms with Crippen molar-refractivity contribution in [2.45, 2.75) is 6.42 Å². The van der Waals surface area contributed by atoms with Crippen LogP contribution >= 0.6 is 0 Å². The van der Waals surface area contributed by atoms with E-state index in [0.717, 1.165) is 30.9 Å². The van der Waals surface area contributed by atoms with Crippen molar-refractivity contribution in [1.82, 2.24) is 5.32 Å². The summed E-state index contributed by atoms with van der Waals surface area (Å²) in [6, 6.07) is 5.60. The highest BCUT2D eigenvalue weighted by atomic mass is 15.0. The first kappa shape index (κ1) is 8.87. The SMILES string of the molecule is Nc1ccc(C2=NCCCN2)cc1N. The first-order valence-corrected chi connectivity index (χ1v) is 4.71. The fraction of sp³-hybridized carbons (Fsp3) is 0.300. The molecule has 4 nitrogen and oxygen atoms in total. The number of nitrogen functional groups attached to an aromatic ring is 2. The van der Waals surface area contributed by atoms with Crippen molar-refractivity contribution < 1.29 is 0 Å². The van der Waals surface area contributed by atoms with Crippen LogP contribution < -0.4 is 16.8 Å². The third-order valence-corrected chi connectivity index (χ3v) is 2.26. The van der Waals surface area contributed by atoms with Gasteiger partial charge in [-0.3, -0.25) is 4.99 Å². The fourth-order valence-electron chi connectivity index (χ4n) is 1.45. The van der Waals surface area contributed by atoms with Crippen LogP contribution in [0.25, 0.3) is 0 Å². The summed E-state index contributed by atoms with van der Waals surface area (Å²) in [5.74, 6) is 0.919. The minimum atomic E-state index is 0.609. The van der Waals surface area contributed by atoms with Crippen molar-refractivity contribution >= 4 is 17.2 Å². The zero-order valence-corrected chi connectivity index (χ0v) is 7.96. The smallest absolute Gasteiger partial charge is 0.128 e. The van der Waals surface area contributed by atoms with E-state index in [-0.39, 0.29) is 0 Å². The molecule has 0 aromatic heterocycles. The second-order valence-corrected chi connectivity index (χ2v) is 3.35. The van der Waals surface area contributed by atoms with Crippen LogP contribution in [0.5, 0.6) is 0 Å². The highest BCUT2D eigenvalue weighted by molar-refractivity contribution is 6.00. The topological polar surface area (TPSA) is 76.4 Å². The maximum Gasteiger partial charge on any atom is 0.128 e. The van der Waals surface area contributed by atoms with Gasteiger partial charge in [-0.2, -0.15) is 0 Å². The van der Waals surface area contributed by atoms with Crippen LogP contribution in [0, 0.1) is 0 Å². The summed E-state index contributed by atoms with van der Waals surface area (Å²) in [5, 5.41) is 3.24. The van der Waals surface area contributed by atoms with Gasteiger partial charge >= 0.3 is 0 Å². The summed E-state index contributed by atoms with van der Waals surface area (Å²) >= 11 is 0. The van der Waals surface area contributed by atoms with Gasteiger partial charge in [-0.25, -0.2) is 0 Å². The van der Waals surface area contributed by atoms with E-state index >= 15 is 0 Å². The Hall–Kier alpha value is -1.71. The average molecular weight is 190 g/mol. The molecule has 0 saturated heterocycles. The Morgan fingerprint density at radius 2 is 2.07 bits per heavy atom. The number of nitrogens with two attached hydrogens (primary N) is 2. The largest absolute Gasteiger partial charge is 0.397 e. The Kier molecular flexibility index (Phi) is 2.26. The Morgan fingerprint density at radius 1 is 1.21 bits per heavy atom. The molecule has 14 heavy (non-hydrogen) atoms. The first-order valence-electron chi connectivity index (χ1n) is 4.71. The normalized spacial score (nSPS) is 15.9. The van der Waals surface area contributed by atoms with Gasteiger partial charge in [-0.1, -0.05) is 0 Å². The lowest BCUT2D eigenvalue weighted by Gasteiger charge is -2.15. The number of aliphatic imine (C=N–C) groups is 1. The molecule has 0 atom stereocenters. The summed E-state index contributed by atoms with van der Waals surface area (Å²) in [6.45, 7) is 1.86. The average Bonchev–Trinajstić information content (AvgIpc) is 2.23. The summed E-state index contributed by atoms with van der Waals surface area (Å²) in [6.07, 6.45) is 1.09. The predicted octanol–water partition coefficient (Wildman–Crippen LogP) is 0.591. The van der Waals surface area contributed by atoms with Crippen molar-refractivity contribution in [2.75, 3.05) is 24.6 Å². The Balaban J connectivity index is 2.32. The lowest BCUT2D eigenvalue weighted by molar-refractivity contribution is 0.742. The number of nitrogens with zero attached hydrogens (tertiary/aromatic N) is 1. The first-order chi connectivity index (χ1) is 6.77. The number of rotatable bonds is 1. The third-order valence-electron chi connectivity index (χ3n) is 2.26. The third kappa shape index (κ3) is 1.64. The van der Waals surface area contributed by atoms with E-state index in [1.807, 2.05) is 18.2 Å². The van der Waals surface area contributed by atoms with Gasteiger partial charge in [0.1, 0.15) is 5.84 Å². The van der Waals surface area contributed by atoms with E-state index in [1.54, 1.807) is 0 Å². The molecule has 1 aromatic carbocycles. The van der Waals surface area contributed by atoms with Crippen LogP contribution in [0.1, 0.15) is 12.0 Å². The standard InChI is InChI=1S/C10H14N4/c11-8-3-2-7(6-9(8)12)10-13-4-1-5-14-10/h2-3,6H,1,4-5,11-12H2,(H,13,14). The Morgan fingerprint density at radius 3 is 2.71 bits per heavy atom. The van der Waals surface area contributed by atoms with Crippen LogP contribution in [0.15, 0.2) is 23.2 Å².